The van der Waals surface area contributed by atoms with Crippen LogP contribution in [0.15, 0.2) is 0 Å². The maximum Gasteiger partial charge on any atom is 0.306 e. The van der Waals surface area contributed by atoms with Crippen molar-refractivity contribution in [3.05, 3.63) is 0 Å². The molecule has 0 amide bonds. The molecule has 2 N–H and O–H groups in total. The minimum absolute atomic E-state index is 0.00954. The summed E-state index contributed by atoms with van der Waals surface area (Å²) in [6.07, 6.45) is -0.397. The molecule has 15 heavy (non-hydrogen) atoms. The van der Waals surface area contributed by atoms with Crippen LogP contribution < -0.4 is 0 Å². The normalized spacial score (nSPS) is 29.6. The highest BCUT2D eigenvalue weighted by Crippen LogP contribution is 2.28. The Bertz CT molecular complexity index is 371. The predicted molar refractivity (Wildman–Crippen MR) is 50.1 cm³/mol. The van der Waals surface area contributed by atoms with Crippen molar-refractivity contribution in [3.63, 3.8) is 0 Å². The highest BCUT2D eigenvalue weighted by atomic mass is 32.2. The van der Waals surface area contributed by atoms with Crippen LogP contribution in [0.5, 0.6) is 0 Å². The van der Waals surface area contributed by atoms with Crippen LogP contribution in [-0.4, -0.2) is 42.1 Å². The van der Waals surface area contributed by atoms with Gasteiger partial charge in [0.05, 0.1) is 17.4 Å². The van der Waals surface area contributed by atoms with Crippen molar-refractivity contribution in [2.24, 2.45) is 11.8 Å². The van der Waals surface area contributed by atoms with Crippen LogP contribution in [0.25, 0.3) is 0 Å². The first-order valence-electron chi connectivity index (χ1n) is 4.47. The van der Waals surface area contributed by atoms with Gasteiger partial charge < -0.3 is 10.2 Å². The van der Waals surface area contributed by atoms with E-state index in [2.05, 4.69) is 0 Å². The van der Waals surface area contributed by atoms with Gasteiger partial charge >= 0.3 is 11.9 Å². The Morgan fingerprint density at radius 3 is 2.33 bits per heavy atom. The van der Waals surface area contributed by atoms with Crippen molar-refractivity contribution in [3.8, 4) is 0 Å². The molecule has 2 unspecified atom stereocenters. The van der Waals surface area contributed by atoms with Crippen LogP contribution in [0.4, 0.5) is 0 Å². The van der Waals surface area contributed by atoms with Crippen LogP contribution in [0, 0.1) is 11.8 Å². The molecule has 0 spiro atoms. The van der Waals surface area contributed by atoms with Crippen molar-refractivity contribution in [1.82, 2.24) is 0 Å². The molecule has 0 aromatic carbocycles. The fraction of sp³-hybridized carbons (Fsp3) is 0.750. The van der Waals surface area contributed by atoms with Gasteiger partial charge in [-0.2, -0.15) is 0 Å². The van der Waals surface area contributed by atoms with Crippen molar-refractivity contribution in [2.75, 3.05) is 11.5 Å². The summed E-state index contributed by atoms with van der Waals surface area (Å²) in [6.45, 7) is 0. The smallest absolute Gasteiger partial charge is 0.306 e. The topological polar surface area (TPSA) is 109 Å². The molecule has 0 aliphatic carbocycles. The molecule has 1 rings (SSSR count). The number of sulfone groups is 1. The van der Waals surface area contributed by atoms with Crippen molar-refractivity contribution in [1.29, 1.82) is 0 Å². The Morgan fingerprint density at radius 2 is 1.87 bits per heavy atom. The maximum atomic E-state index is 11.2. The van der Waals surface area contributed by atoms with E-state index in [-0.39, 0.29) is 17.9 Å². The van der Waals surface area contributed by atoms with Gasteiger partial charge in [-0.1, -0.05) is 0 Å². The van der Waals surface area contributed by atoms with E-state index in [0.29, 0.717) is 0 Å². The summed E-state index contributed by atoms with van der Waals surface area (Å²) in [6, 6.07) is 0. The van der Waals surface area contributed by atoms with Gasteiger partial charge in [-0.05, 0) is 12.3 Å². The second-order valence-corrected chi connectivity index (χ2v) is 5.93. The Kier molecular flexibility index (Phi) is 3.33. The van der Waals surface area contributed by atoms with Gasteiger partial charge in [0, 0.05) is 6.42 Å². The third-order valence-electron chi connectivity index (χ3n) is 2.53. The molecule has 0 saturated carbocycles. The highest BCUT2D eigenvalue weighted by molar-refractivity contribution is 7.91. The Labute approximate surface area is 86.8 Å². The van der Waals surface area contributed by atoms with Crippen LogP contribution in [0.3, 0.4) is 0 Å². The summed E-state index contributed by atoms with van der Waals surface area (Å²) in [4.78, 5) is 21.2. The molecular weight excluding hydrogens is 224 g/mol. The lowest BCUT2D eigenvalue weighted by Gasteiger charge is -2.26. The number of carbonyl (C=O) groups is 2. The number of rotatable bonds is 3. The average Bonchev–Trinajstić information content (AvgIpc) is 1.99. The molecule has 1 saturated heterocycles. The Balaban J connectivity index is 2.82. The summed E-state index contributed by atoms with van der Waals surface area (Å²) in [7, 11) is -3.27. The monoisotopic (exact) mass is 236 g/mol. The van der Waals surface area contributed by atoms with E-state index >= 15 is 0 Å². The molecule has 1 fully saturated rings. The molecule has 1 heterocycles. The first kappa shape index (κ1) is 12.0. The molecule has 0 radical (unpaired) electrons. The van der Waals surface area contributed by atoms with Gasteiger partial charge in [-0.15, -0.1) is 0 Å². The molecule has 1 aliphatic rings. The highest BCUT2D eigenvalue weighted by Gasteiger charge is 2.38. The summed E-state index contributed by atoms with van der Waals surface area (Å²) in [5, 5.41) is 17.4. The second-order valence-electron chi connectivity index (χ2n) is 3.71. The molecule has 0 aromatic heterocycles. The summed E-state index contributed by atoms with van der Waals surface area (Å²) >= 11 is 0. The number of hydrogen-bond acceptors (Lipinski definition) is 4. The second kappa shape index (κ2) is 4.18. The van der Waals surface area contributed by atoms with Gasteiger partial charge in [0.1, 0.15) is 0 Å². The van der Waals surface area contributed by atoms with E-state index in [4.69, 9.17) is 10.2 Å². The summed E-state index contributed by atoms with van der Waals surface area (Å²) in [5.41, 5.74) is 0. The summed E-state index contributed by atoms with van der Waals surface area (Å²) < 4.78 is 22.4. The van der Waals surface area contributed by atoms with Crippen molar-refractivity contribution >= 4 is 21.8 Å². The molecule has 6 nitrogen and oxygen atoms in total. The SMILES string of the molecule is O=C(O)CC1CS(=O)(=O)CCC1C(=O)O. The average molecular weight is 236 g/mol. The number of aliphatic carboxylic acids is 2. The zero-order chi connectivity index (χ0) is 11.6. The van der Waals surface area contributed by atoms with Gasteiger partial charge in [0.15, 0.2) is 9.84 Å². The van der Waals surface area contributed by atoms with Gasteiger partial charge in [0.2, 0.25) is 0 Å². The van der Waals surface area contributed by atoms with Gasteiger partial charge in [0.25, 0.3) is 0 Å². The lowest BCUT2D eigenvalue weighted by atomic mass is 9.88. The largest absolute Gasteiger partial charge is 0.481 e. The number of hydrogen-bond donors (Lipinski definition) is 2. The Morgan fingerprint density at radius 1 is 1.27 bits per heavy atom. The summed E-state index contributed by atoms with van der Waals surface area (Å²) in [5.74, 6) is -4.45. The van der Waals surface area contributed by atoms with E-state index in [0.717, 1.165) is 0 Å². The quantitative estimate of drug-likeness (QED) is 0.690. The number of carboxylic acids is 2. The van der Waals surface area contributed by atoms with Crippen LogP contribution >= 0.6 is 0 Å². The minimum atomic E-state index is -3.27. The van der Waals surface area contributed by atoms with Crippen LogP contribution in [-0.2, 0) is 19.4 Å². The standard InChI is InChI=1S/C8H12O6S/c9-7(10)3-5-4-15(13,14)2-1-6(5)8(11)12/h5-6H,1-4H2,(H,9,10)(H,11,12). The zero-order valence-electron chi connectivity index (χ0n) is 7.92. The first-order chi connectivity index (χ1) is 6.82. The lowest BCUT2D eigenvalue weighted by Crippen LogP contribution is -2.38. The van der Waals surface area contributed by atoms with Crippen LogP contribution in [0.2, 0.25) is 0 Å². The van der Waals surface area contributed by atoms with E-state index in [1.54, 1.807) is 0 Å². The van der Waals surface area contributed by atoms with Gasteiger partial charge in [-0.25, -0.2) is 8.42 Å². The van der Waals surface area contributed by atoms with Crippen molar-refractivity contribution < 1.29 is 28.2 Å². The van der Waals surface area contributed by atoms with E-state index in [9.17, 15) is 18.0 Å². The molecule has 7 heteroatoms. The molecular formula is C8H12O6S. The fourth-order valence-electron chi connectivity index (χ4n) is 1.82. The molecule has 0 aromatic rings. The van der Waals surface area contributed by atoms with Gasteiger partial charge in [-0.3, -0.25) is 9.59 Å². The third kappa shape index (κ3) is 3.19. The third-order valence-corrected chi connectivity index (χ3v) is 4.32. The van der Waals surface area contributed by atoms with E-state index in [1.165, 1.54) is 0 Å². The maximum absolute atomic E-state index is 11.2. The van der Waals surface area contributed by atoms with E-state index < -0.39 is 40.0 Å². The zero-order valence-corrected chi connectivity index (χ0v) is 8.74. The molecule has 2 atom stereocenters. The minimum Gasteiger partial charge on any atom is -0.481 e. The lowest BCUT2D eigenvalue weighted by molar-refractivity contribution is -0.145. The van der Waals surface area contributed by atoms with Crippen molar-refractivity contribution in [2.45, 2.75) is 12.8 Å². The van der Waals surface area contributed by atoms with Crippen LogP contribution in [0.1, 0.15) is 12.8 Å². The predicted octanol–water partition coefficient (Wildman–Crippen LogP) is -0.403. The first-order valence-corrected chi connectivity index (χ1v) is 6.29. The molecule has 0 bridgehead atoms. The van der Waals surface area contributed by atoms with E-state index in [1.807, 2.05) is 0 Å². The Hall–Kier alpha value is -1.11. The fourth-order valence-corrected chi connectivity index (χ4v) is 3.60. The molecule has 1 aliphatic heterocycles. The number of carboxylic acid groups (broad SMARTS) is 2. The molecule has 86 valence electrons.